The molecule has 28 nitrogen and oxygen atoms in total. The zero-order valence-corrected chi connectivity index (χ0v) is 63.8. The molecule has 0 aliphatic rings. The second kappa shape index (κ2) is 32.7. The third-order valence-corrected chi connectivity index (χ3v) is 22.7. The van der Waals surface area contributed by atoms with E-state index < -0.39 is 11.9 Å². The maximum atomic E-state index is 12.8. The molecule has 0 aliphatic heterocycles. The normalized spacial score (nSPS) is 11.0. The van der Waals surface area contributed by atoms with E-state index in [1.807, 2.05) is 132 Å². The molecular weight excluding hydrogens is 1580 g/mol. The van der Waals surface area contributed by atoms with Crippen LogP contribution in [0.3, 0.4) is 0 Å². The van der Waals surface area contributed by atoms with E-state index in [9.17, 15) is 33.6 Å². The highest BCUT2D eigenvalue weighted by atomic mass is 32.1. The number of ether oxygens (including phenoxy) is 2. The molecule has 15 heterocycles. The maximum Gasteiger partial charge on any atom is 0.360 e. The van der Waals surface area contributed by atoms with Crippen LogP contribution in [0.15, 0.2) is 230 Å². The van der Waals surface area contributed by atoms with Crippen LogP contribution >= 0.6 is 79.4 Å². The molecule has 35 heteroatoms. The number of thiazole rings is 7. The highest BCUT2D eigenvalue weighted by Crippen LogP contribution is 2.33. The fourth-order valence-corrected chi connectivity index (χ4v) is 16.7. The van der Waals surface area contributed by atoms with Gasteiger partial charge in [0.05, 0.1) is 48.2 Å². The van der Waals surface area contributed by atoms with Crippen molar-refractivity contribution in [1.82, 2.24) is 85.0 Å². The molecule has 0 amide bonds. The van der Waals surface area contributed by atoms with Crippen LogP contribution in [0.5, 0.6) is 0 Å². The molecule has 20 rings (SSSR count). The number of aromatic nitrogens is 17. The third kappa shape index (κ3) is 15.4. The summed E-state index contributed by atoms with van der Waals surface area (Å²) in [6.45, 7) is 0. The Labute approximate surface area is 662 Å². The van der Waals surface area contributed by atoms with E-state index in [0.29, 0.717) is 92.4 Å². The van der Waals surface area contributed by atoms with Gasteiger partial charge in [-0.15, -0.1) is 79.4 Å². The molecule has 0 aliphatic carbocycles. The number of hydrogen-bond donors (Lipinski definition) is 6. The van der Waals surface area contributed by atoms with Crippen molar-refractivity contribution in [3.05, 3.63) is 285 Å². The molecule has 6 N–H and O–H groups in total. The topological polar surface area (TPSA) is 401 Å². The first-order valence-electron chi connectivity index (χ1n) is 33.4. The predicted molar refractivity (Wildman–Crippen MR) is 430 cm³/mol. The van der Waals surface area contributed by atoms with Crippen molar-refractivity contribution < 1.29 is 51.9 Å². The molecule has 20 aromatic rings. The summed E-state index contributed by atoms with van der Waals surface area (Å²) >= 11 is 9.20. The molecule has 0 saturated carbocycles. The van der Waals surface area contributed by atoms with Gasteiger partial charge in [0.2, 0.25) is 40.7 Å². The molecule has 0 unspecified atom stereocenters. The number of rotatable bonds is 17. The first-order chi connectivity index (χ1) is 55.3. The molecule has 0 atom stereocenters. The van der Waals surface area contributed by atoms with E-state index >= 15 is 0 Å². The minimum absolute atomic E-state index is 0.0509. The van der Waals surface area contributed by atoms with Crippen LogP contribution in [0.1, 0.15) is 97.8 Å². The number of nitrogens with zero attached hydrogens (tertiary/aromatic N) is 11. The number of nitrogens with one attached hydrogen (secondary N) is 6. The highest BCUT2D eigenvalue weighted by molar-refractivity contribution is 7.16. The van der Waals surface area contributed by atoms with Gasteiger partial charge in [0.15, 0.2) is 42.3 Å². The monoisotopic (exact) mass is 1620 g/mol. The fourth-order valence-electron chi connectivity index (χ4n) is 11.5. The Bertz CT molecular complexity index is 6300. The Kier molecular flexibility index (Phi) is 21.2. The highest BCUT2D eigenvalue weighted by Gasteiger charge is 2.26. The fraction of sp³-hybridized carbons (Fsp3) is 0.0256. The third-order valence-electron chi connectivity index (χ3n) is 16.9. The van der Waals surface area contributed by atoms with Crippen LogP contribution in [0.4, 0.5) is 0 Å². The zero-order valence-electron chi connectivity index (χ0n) is 58.1. The first-order valence-corrected chi connectivity index (χ1v) is 39.5. The largest absolute Gasteiger partial charge is 0.464 e. The number of carbonyl (C=O) groups excluding carboxylic acids is 7. The molecule has 0 fully saturated rings. The van der Waals surface area contributed by atoms with Crippen molar-refractivity contribution in [1.29, 1.82) is 0 Å². The summed E-state index contributed by atoms with van der Waals surface area (Å²) in [6, 6.07) is 38.3. The van der Waals surface area contributed by atoms with Crippen molar-refractivity contribution in [3.8, 4) is 56.1 Å². The first kappa shape index (κ1) is 73.2. The lowest BCUT2D eigenvalue weighted by atomic mass is 10.1. The smallest absolute Gasteiger partial charge is 0.360 e. The number of methoxy groups -OCH3 is 2. The Morgan fingerprint density at radius 3 is 1.12 bits per heavy atom. The van der Waals surface area contributed by atoms with Gasteiger partial charge >= 0.3 is 11.9 Å². The van der Waals surface area contributed by atoms with Gasteiger partial charge in [-0.05, 0) is 30.3 Å². The van der Waals surface area contributed by atoms with Gasteiger partial charge in [0.25, 0.3) is 0 Å². The van der Waals surface area contributed by atoms with Gasteiger partial charge in [-0.2, -0.15) is 5.10 Å². The zero-order chi connectivity index (χ0) is 77.5. The maximum absolute atomic E-state index is 12.8. The molecule has 113 heavy (non-hydrogen) atoms. The minimum Gasteiger partial charge on any atom is -0.464 e. The van der Waals surface area contributed by atoms with E-state index in [4.69, 9.17) is 8.83 Å². The summed E-state index contributed by atoms with van der Waals surface area (Å²) < 4.78 is 19.7. The molecule has 15 aromatic heterocycles. The number of oxazole rings is 2. The number of benzene rings is 5. The van der Waals surface area contributed by atoms with Gasteiger partial charge in [-0.1, -0.05) is 91.0 Å². The van der Waals surface area contributed by atoms with E-state index in [-0.39, 0.29) is 46.2 Å². The van der Waals surface area contributed by atoms with E-state index in [2.05, 4.69) is 94.4 Å². The Morgan fingerprint density at radius 1 is 0.354 bits per heavy atom. The van der Waals surface area contributed by atoms with Crippen LogP contribution in [0, 0.1) is 0 Å². The number of para-hydroxylation sites is 5. The van der Waals surface area contributed by atoms with E-state index in [0.717, 1.165) is 65.2 Å². The lowest BCUT2D eigenvalue weighted by Crippen LogP contribution is -2.01. The quantitative estimate of drug-likeness (QED) is 0.0364. The van der Waals surface area contributed by atoms with Crippen molar-refractivity contribution >= 4 is 175 Å². The van der Waals surface area contributed by atoms with Crippen LogP contribution in [0.2, 0.25) is 0 Å². The summed E-state index contributed by atoms with van der Waals surface area (Å²) in [6.07, 6.45) is 15.9. The number of hydrogen-bond acceptors (Lipinski definition) is 29. The van der Waals surface area contributed by atoms with Crippen LogP contribution in [-0.2, 0) is 9.47 Å². The van der Waals surface area contributed by atoms with Crippen LogP contribution in [-0.4, -0.2) is 140 Å². The number of carbonyl (C=O) groups is 7. The lowest BCUT2D eigenvalue weighted by molar-refractivity contribution is 0.0585. The predicted octanol–water partition coefficient (Wildman–Crippen LogP) is 17.2. The Hall–Kier alpha value is -13.9. The minimum atomic E-state index is -0.597. The Morgan fingerprint density at radius 2 is 0.735 bits per heavy atom. The summed E-state index contributed by atoms with van der Waals surface area (Å²) in [5.41, 5.74) is 10.9. The summed E-state index contributed by atoms with van der Waals surface area (Å²) in [5.74, 6) is -0.526. The van der Waals surface area contributed by atoms with Gasteiger partial charge in [-0.25, -0.2) is 59.4 Å². The van der Waals surface area contributed by atoms with Crippen molar-refractivity contribution in [2.75, 3.05) is 14.2 Å². The average molecular weight is 1620 g/mol. The van der Waals surface area contributed by atoms with Crippen LogP contribution in [0.25, 0.3) is 111 Å². The number of ketones is 5. The molecule has 0 radical (unpaired) electrons. The number of aromatic amines is 6. The SMILES string of the molecule is COC(=O)c1coc(-c2csc(C(=O)c3c[nH]c4ccccc34)n2)n1.COC(=O)c1csc(-c2csc(C(=O)c3c[nH]c4ccccc34)n2)n1.O=C(c1nc(-c2ncco2)cs1)c1c[nH]c2ccccc12.O=C(c1nc(-c2nccs2)cs1)c1c[nH]c2ccccc12.O=C(c1nc(-c2ncn[nH]2)cs1)c1c[nH]c2ccccc12. The summed E-state index contributed by atoms with van der Waals surface area (Å²) in [4.78, 5) is 144. The summed E-state index contributed by atoms with van der Waals surface area (Å²) in [5, 5.41) is 26.8. The number of H-pyrrole nitrogens is 6. The van der Waals surface area contributed by atoms with E-state index in [1.165, 1.54) is 112 Å². The molecular formula is C78H49N17O11S7. The molecule has 0 spiro atoms. The number of esters is 2. The average Bonchev–Trinajstić information content (AvgIpc) is 1.67. The number of fused-ring (bicyclic) bond motifs is 5. The standard InChI is InChI=1S/C17H11N3O4S.C17H11N3O3S2.C15H9N3O2S.C15H9N3OS2.C14H9N5OS/c1-23-17(22)12-7-24-15(19-12)13-8-25-16(20-13)14(21)10-6-18-11-5-3-2-4-9(10)11;1-23-17(22)13-8-24-15(20-13)12-7-25-16(19-12)14(21)10-6-18-11-5-3-2-4-9(10)11;2*19-13(10-7-17-11-4-2-1-3-9(10)11)15-18-12(8-21-15)14-16-5-6-20-14;20-12(9-5-15-10-4-2-1-3-8(9)10)14-18-11(6-21-14)13-16-7-17-19-13/h2*2-8,18H,1H3;2*1-8,17H;1-7,15H,(H,16,17,19). The lowest BCUT2D eigenvalue weighted by Gasteiger charge is -1.95. The molecule has 0 saturated heterocycles. The van der Waals surface area contributed by atoms with Crippen LogP contribution < -0.4 is 0 Å². The van der Waals surface area contributed by atoms with Gasteiger partial charge in [0.1, 0.15) is 57.3 Å². The van der Waals surface area contributed by atoms with Gasteiger partial charge < -0.3 is 43.2 Å². The van der Waals surface area contributed by atoms with Gasteiger partial charge in [0, 0.05) is 129 Å². The van der Waals surface area contributed by atoms with Crippen molar-refractivity contribution in [2.24, 2.45) is 0 Å². The van der Waals surface area contributed by atoms with E-state index in [1.54, 1.807) is 70.3 Å². The second-order valence-electron chi connectivity index (χ2n) is 23.6. The van der Waals surface area contributed by atoms with Crippen molar-refractivity contribution in [2.45, 2.75) is 0 Å². The van der Waals surface area contributed by atoms with Crippen molar-refractivity contribution in [3.63, 3.8) is 0 Å². The molecule has 0 bridgehead atoms. The molecule has 554 valence electrons. The molecule has 5 aromatic carbocycles. The summed E-state index contributed by atoms with van der Waals surface area (Å²) in [7, 11) is 2.57. The second-order valence-corrected chi connectivity index (χ2v) is 29.7. The Balaban J connectivity index is 0.000000107. The van der Waals surface area contributed by atoms with Gasteiger partial charge in [-0.3, -0.25) is 29.1 Å².